The second kappa shape index (κ2) is 8.48. The first-order chi connectivity index (χ1) is 12.3. The highest BCUT2D eigenvalue weighted by atomic mass is 16.5. The van der Waals surface area contributed by atoms with Crippen molar-refractivity contribution in [3.8, 4) is 5.75 Å². The Bertz CT molecular complexity index is 681. The number of hydrogen-bond donors (Lipinski definition) is 2. The molecule has 1 fully saturated rings. The van der Waals surface area contributed by atoms with Crippen LogP contribution >= 0.6 is 0 Å². The summed E-state index contributed by atoms with van der Waals surface area (Å²) >= 11 is 0. The van der Waals surface area contributed by atoms with Crippen molar-refractivity contribution in [1.29, 1.82) is 0 Å². The lowest BCUT2D eigenvalue weighted by Gasteiger charge is -2.26. The maximum absolute atomic E-state index is 6.04. The van der Waals surface area contributed by atoms with E-state index < -0.39 is 0 Å². The molecule has 2 heterocycles. The zero-order chi connectivity index (χ0) is 17.5. The third-order valence-corrected chi connectivity index (χ3v) is 4.44. The molecule has 0 aliphatic carbocycles. The van der Waals surface area contributed by atoms with Crippen LogP contribution in [0.15, 0.2) is 53.7 Å². The van der Waals surface area contributed by atoms with Gasteiger partial charge in [0.15, 0.2) is 5.96 Å². The molecule has 1 unspecified atom stereocenters. The number of aliphatic imine (C=N–C) groups is 1. The Hall–Kier alpha value is -2.60. The zero-order valence-corrected chi connectivity index (χ0v) is 14.6. The number of rotatable bonds is 6. The zero-order valence-electron chi connectivity index (χ0n) is 14.6. The van der Waals surface area contributed by atoms with Gasteiger partial charge in [0, 0.05) is 6.20 Å². The molecule has 0 radical (unpaired) electrons. The first kappa shape index (κ1) is 17.2. The molecule has 1 aromatic heterocycles. The van der Waals surface area contributed by atoms with Crippen molar-refractivity contribution in [2.75, 3.05) is 32.1 Å². The van der Waals surface area contributed by atoms with Gasteiger partial charge in [0.1, 0.15) is 11.6 Å². The highest BCUT2D eigenvalue weighted by molar-refractivity contribution is 5.91. The van der Waals surface area contributed by atoms with Crippen LogP contribution < -0.4 is 15.8 Å². The molecule has 1 aromatic carbocycles. The number of guanidine groups is 1. The maximum Gasteiger partial charge on any atom is 0.194 e. The fourth-order valence-electron chi connectivity index (χ4n) is 3.10. The van der Waals surface area contributed by atoms with Gasteiger partial charge in [-0.3, -0.25) is 9.89 Å². The molecule has 3 N–H and O–H groups in total. The van der Waals surface area contributed by atoms with Crippen LogP contribution in [0.1, 0.15) is 24.4 Å². The van der Waals surface area contributed by atoms with Crippen LogP contribution in [0.3, 0.4) is 0 Å². The lowest BCUT2D eigenvalue weighted by molar-refractivity contribution is 0.251. The first-order valence-electron chi connectivity index (χ1n) is 8.62. The Labute approximate surface area is 148 Å². The number of pyridine rings is 1. The van der Waals surface area contributed by atoms with Gasteiger partial charge in [0.05, 0.1) is 19.7 Å². The fourth-order valence-corrected chi connectivity index (χ4v) is 3.10. The number of likely N-dealkylation sites (tertiary alicyclic amines) is 1. The second-order valence-corrected chi connectivity index (χ2v) is 6.10. The summed E-state index contributed by atoms with van der Waals surface area (Å²) in [6.45, 7) is 2.80. The van der Waals surface area contributed by atoms with Crippen LogP contribution in [0.5, 0.6) is 5.75 Å². The number of methoxy groups -OCH3 is 1. The number of benzene rings is 1. The van der Waals surface area contributed by atoms with E-state index in [1.807, 2.05) is 30.3 Å². The summed E-state index contributed by atoms with van der Waals surface area (Å²) in [5, 5.41) is 3.04. The summed E-state index contributed by atoms with van der Waals surface area (Å²) in [6, 6.07) is 14.1. The molecule has 2 aromatic rings. The van der Waals surface area contributed by atoms with Crippen LogP contribution in [0, 0.1) is 0 Å². The van der Waals surface area contributed by atoms with Crippen molar-refractivity contribution < 1.29 is 4.74 Å². The van der Waals surface area contributed by atoms with E-state index in [2.05, 4.69) is 32.3 Å². The maximum atomic E-state index is 6.04. The minimum Gasteiger partial charge on any atom is -0.497 e. The van der Waals surface area contributed by atoms with E-state index in [1.165, 1.54) is 18.4 Å². The SMILES string of the molecule is COc1ccc(C(CN=C(N)Nc2ccccn2)N2CCCC2)cc1. The Morgan fingerprint density at radius 1 is 1.24 bits per heavy atom. The summed E-state index contributed by atoms with van der Waals surface area (Å²) < 4.78 is 5.26. The Morgan fingerprint density at radius 2 is 2.00 bits per heavy atom. The monoisotopic (exact) mass is 339 g/mol. The van der Waals surface area contributed by atoms with Gasteiger partial charge in [-0.25, -0.2) is 4.98 Å². The fraction of sp³-hybridized carbons (Fsp3) is 0.368. The third-order valence-electron chi connectivity index (χ3n) is 4.44. The molecule has 0 spiro atoms. The van der Waals surface area contributed by atoms with Crippen molar-refractivity contribution in [3.63, 3.8) is 0 Å². The Morgan fingerprint density at radius 3 is 2.64 bits per heavy atom. The van der Waals surface area contributed by atoms with Gasteiger partial charge in [0.25, 0.3) is 0 Å². The van der Waals surface area contributed by atoms with E-state index in [0.29, 0.717) is 18.3 Å². The van der Waals surface area contributed by atoms with Gasteiger partial charge in [-0.1, -0.05) is 18.2 Å². The van der Waals surface area contributed by atoms with Crippen LogP contribution in [0.2, 0.25) is 0 Å². The number of nitrogens with two attached hydrogens (primary N) is 1. The Kier molecular flexibility index (Phi) is 5.85. The van der Waals surface area contributed by atoms with E-state index >= 15 is 0 Å². The van der Waals surface area contributed by atoms with Gasteiger partial charge in [-0.05, 0) is 55.8 Å². The summed E-state index contributed by atoms with van der Waals surface area (Å²) in [6.07, 6.45) is 4.19. The lowest BCUT2D eigenvalue weighted by atomic mass is 10.1. The number of anilines is 1. The molecule has 0 bridgehead atoms. The Balaban J connectivity index is 1.71. The number of hydrogen-bond acceptors (Lipinski definition) is 4. The average Bonchev–Trinajstić information content (AvgIpc) is 3.18. The molecule has 25 heavy (non-hydrogen) atoms. The van der Waals surface area contributed by atoms with Gasteiger partial charge in [-0.15, -0.1) is 0 Å². The molecule has 6 nitrogen and oxygen atoms in total. The van der Waals surface area contributed by atoms with E-state index in [0.717, 1.165) is 18.8 Å². The van der Waals surface area contributed by atoms with Crippen LogP contribution in [0.4, 0.5) is 5.82 Å². The molecule has 1 atom stereocenters. The summed E-state index contributed by atoms with van der Waals surface area (Å²) in [7, 11) is 1.68. The van der Waals surface area contributed by atoms with Crippen molar-refractivity contribution in [1.82, 2.24) is 9.88 Å². The molecule has 1 aliphatic rings. The second-order valence-electron chi connectivity index (χ2n) is 6.10. The number of nitrogens with one attached hydrogen (secondary N) is 1. The highest BCUT2D eigenvalue weighted by Crippen LogP contribution is 2.27. The normalized spacial score (nSPS) is 16.6. The molecule has 3 rings (SSSR count). The van der Waals surface area contributed by atoms with Crippen molar-refractivity contribution in [3.05, 3.63) is 54.2 Å². The van der Waals surface area contributed by atoms with Crippen molar-refractivity contribution >= 4 is 11.8 Å². The standard InChI is InChI=1S/C19H25N5O/c1-25-16-9-7-15(8-10-16)17(24-12-4-5-13-24)14-22-19(20)23-18-6-2-3-11-21-18/h2-3,6-11,17H,4-5,12-14H2,1H3,(H3,20,21,22,23). The average molecular weight is 339 g/mol. The first-order valence-corrected chi connectivity index (χ1v) is 8.62. The van der Waals surface area contributed by atoms with Gasteiger partial charge in [-0.2, -0.15) is 0 Å². The highest BCUT2D eigenvalue weighted by Gasteiger charge is 2.23. The lowest BCUT2D eigenvalue weighted by Crippen LogP contribution is -2.30. The molecule has 0 saturated carbocycles. The van der Waals surface area contributed by atoms with Gasteiger partial charge < -0.3 is 15.8 Å². The van der Waals surface area contributed by atoms with E-state index in [9.17, 15) is 0 Å². The smallest absolute Gasteiger partial charge is 0.194 e. The number of aromatic nitrogens is 1. The molecule has 132 valence electrons. The minimum atomic E-state index is 0.220. The van der Waals surface area contributed by atoms with Crippen LogP contribution in [-0.2, 0) is 0 Å². The summed E-state index contributed by atoms with van der Waals surface area (Å²) in [5.74, 6) is 1.95. The predicted molar refractivity (Wildman–Crippen MR) is 101 cm³/mol. The van der Waals surface area contributed by atoms with Gasteiger partial charge >= 0.3 is 0 Å². The molecular weight excluding hydrogens is 314 g/mol. The predicted octanol–water partition coefficient (Wildman–Crippen LogP) is 2.65. The third kappa shape index (κ3) is 4.70. The molecule has 6 heteroatoms. The minimum absolute atomic E-state index is 0.220. The van der Waals surface area contributed by atoms with Crippen molar-refractivity contribution in [2.24, 2.45) is 10.7 Å². The van der Waals surface area contributed by atoms with E-state index in [-0.39, 0.29) is 6.04 Å². The molecular formula is C19H25N5O. The number of ether oxygens (including phenoxy) is 1. The number of nitrogens with zero attached hydrogens (tertiary/aromatic N) is 3. The van der Waals surface area contributed by atoms with Crippen LogP contribution in [-0.4, -0.2) is 42.6 Å². The molecule has 1 aliphatic heterocycles. The van der Waals surface area contributed by atoms with E-state index in [1.54, 1.807) is 13.3 Å². The van der Waals surface area contributed by atoms with Crippen LogP contribution in [0.25, 0.3) is 0 Å². The van der Waals surface area contributed by atoms with E-state index in [4.69, 9.17) is 10.5 Å². The summed E-state index contributed by atoms with van der Waals surface area (Å²) in [4.78, 5) is 11.2. The molecule has 0 amide bonds. The quantitative estimate of drug-likeness (QED) is 0.625. The topological polar surface area (TPSA) is 75.8 Å². The van der Waals surface area contributed by atoms with Crippen molar-refractivity contribution in [2.45, 2.75) is 18.9 Å². The summed E-state index contributed by atoms with van der Waals surface area (Å²) in [5.41, 5.74) is 7.27. The largest absolute Gasteiger partial charge is 0.497 e. The molecule has 1 saturated heterocycles. The van der Waals surface area contributed by atoms with Gasteiger partial charge in [0.2, 0.25) is 0 Å².